The highest BCUT2D eigenvalue weighted by atomic mass is 127. The zero-order chi connectivity index (χ0) is 6.69. The van der Waals surface area contributed by atoms with E-state index in [1.54, 1.807) is 23.1 Å². The Bertz CT molecular complexity index is 188. The summed E-state index contributed by atoms with van der Waals surface area (Å²) in [4.78, 5) is 0. The highest BCUT2D eigenvalue weighted by molar-refractivity contribution is 14.1. The second-order valence-electron chi connectivity index (χ2n) is 1.38. The first-order valence-electron chi connectivity index (χ1n) is 2.29. The van der Waals surface area contributed by atoms with Gasteiger partial charge in [0, 0.05) is 5.75 Å². The van der Waals surface area contributed by atoms with Crippen LogP contribution in [0.4, 0.5) is 0 Å². The standard InChI is InChI=1S/C4H5IN2S2/c1-8-2-3-6-7-4(5)9-3/h2H2,1H3. The van der Waals surface area contributed by atoms with Crippen molar-refractivity contribution in [2.45, 2.75) is 5.75 Å². The number of hydrogen-bond donors (Lipinski definition) is 0. The quantitative estimate of drug-likeness (QED) is 0.770. The summed E-state index contributed by atoms with van der Waals surface area (Å²) in [6, 6.07) is 0. The lowest BCUT2D eigenvalue weighted by molar-refractivity contribution is 1.02. The van der Waals surface area contributed by atoms with Crippen LogP contribution in [0.25, 0.3) is 0 Å². The van der Waals surface area contributed by atoms with Crippen molar-refractivity contribution in [2.75, 3.05) is 6.26 Å². The van der Waals surface area contributed by atoms with Gasteiger partial charge in [-0.3, -0.25) is 0 Å². The van der Waals surface area contributed by atoms with Crippen LogP contribution in [0, 0.1) is 3.01 Å². The molecule has 1 aromatic heterocycles. The van der Waals surface area contributed by atoms with Crippen LogP contribution in [-0.4, -0.2) is 16.5 Å². The lowest BCUT2D eigenvalue weighted by atomic mass is 10.9. The molecule has 9 heavy (non-hydrogen) atoms. The number of halogens is 1. The van der Waals surface area contributed by atoms with Crippen LogP contribution in [0.1, 0.15) is 5.01 Å². The molecule has 50 valence electrons. The van der Waals surface area contributed by atoms with Crippen molar-refractivity contribution in [3.8, 4) is 0 Å². The third kappa shape index (κ3) is 2.38. The van der Waals surface area contributed by atoms with Crippen molar-refractivity contribution in [1.82, 2.24) is 10.2 Å². The molecule has 0 atom stereocenters. The molecule has 0 spiro atoms. The fourth-order valence-corrected chi connectivity index (χ4v) is 2.54. The van der Waals surface area contributed by atoms with E-state index >= 15 is 0 Å². The molecular formula is C4H5IN2S2. The van der Waals surface area contributed by atoms with Crippen LogP contribution in [0.2, 0.25) is 0 Å². The molecule has 0 saturated carbocycles. The first-order valence-corrected chi connectivity index (χ1v) is 5.58. The fraction of sp³-hybridized carbons (Fsp3) is 0.500. The molecular weight excluding hydrogens is 267 g/mol. The summed E-state index contributed by atoms with van der Waals surface area (Å²) in [5, 5.41) is 8.94. The van der Waals surface area contributed by atoms with Crippen molar-refractivity contribution >= 4 is 45.7 Å². The van der Waals surface area contributed by atoms with Gasteiger partial charge in [0.05, 0.1) is 0 Å². The summed E-state index contributed by atoms with van der Waals surface area (Å²) in [5.41, 5.74) is 0. The van der Waals surface area contributed by atoms with E-state index in [9.17, 15) is 0 Å². The minimum Gasteiger partial charge on any atom is -0.158 e. The van der Waals surface area contributed by atoms with E-state index in [0.717, 1.165) is 13.8 Å². The minimum absolute atomic E-state index is 0.987. The van der Waals surface area contributed by atoms with E-state index in [0.29, 0.717) is 0 Å². The Morgan fingerprint density at radius 1 is 1.67 bits per heavy atom. The molecule has 1 heterocycles. The zero-order valence-corrected chi connectivity index (χ0v) is 8.59. The third-order valence-electron chi connectivity index (χ3n) is 0.710. The molecule has 0 fully saturated rings. The Labute approximate surface area is 75.6 Å². The van der Waals surface area contributed by atoms with Gasteiger partial charge < -0.3 is 0 Å². The molecule has 5 heteroatoms. The lowest BCUT2D eigenvalue weighted by Crippen LogP contribution is -1.75. The Balaban J connectivity index is 2.61. The van der Waals surface area contributed by atoms with Gasteiger partial charge in [-0.2, -0.15) is 11.8 Å². The Morgan fingerprint density at radius 2 is 2.44 bits per heavy atom. The van der Waals surface area contributed by atoms with Crippen molar-refractivity contribution in [3.05, 3.63) is 8.02 Å². The summed E-state index contributed by atoms with van der Waals surface area (Å²) in [5.74, 6) is 0.987. The molecule has 0 aliphatic rings. The Hall–Kier alpha value is 0.640. The highest BCUT2D eigenvalue weighted by Crippen LogP contribution is 2.15. The topological polar surface area (TPSA) is 25.8 Å². The van der Waals surface area contributed by atoms with Gasteiger partial charge in [0.1, 0.15) is 5.01 Å². The van der Waals surface area contributed by atoms with Gasteiger partial charge in [0.25, 0.3) is 0 Å². The van der Waals surface area contributed by atoms with Gasteiger partial charge in [-0.25, -0.2) is 0 Å². The molecule has 0 aliphatic carbocycles. The van der Waals surface area contributed by atoms with Crippen molar-refractivity contribution < 1.29 is 0 Å². The second kappa shape index (κ2) is 3.72. The normalized spacial score (nSPS) is 10.0. The molecule has 1 aromatic rings. The number of rotatable bonds is 2. The first kappa shape index (κ1) is 7.74. The van der Waals surface area contributed by atoms with Crippen LogP contribution in [-0.2, 0) is 5.75 Å². The molecule has 2 nitrogen and oxygen atoms in total. The smallest absolute Gasteiger partial charge is 0.158 e. The molecule has 1 rings (SSSR count). The average Bonchev–Trinajstić information content (AvgIpc) is 2.17. The summed E-state index contributed by atoms with van der Waals surface area (Å²) >= 11 is 5.60. The third-order valence-corrected chi connectivity index (χ3v) is 3.04. The van der Waals surface area contributed by atoms with Crippen molar-refractivity contribution in [3.63, 3.8) is 0 Å². The number of aromatic nitrogens is 2. The van der Waals surface area contributed by atoms with Crippen LogP contribution >= 0.6 is 45.7 Å². The first-order chi connectivity index (χ1) is 4.33. The summed E-state index contributed by atoms with van der Waals surface area (Å²) in [7, 11) is 0. The van der Waals surface area contributed by atoms with Crippen molar-refractivity contribution in [2.24, 2.45) is 0 Å². The van der Waals surface area contributed by atoms with E-state index in [2.05, 4.69) is 39.0 Å². The Morgan fingerprint density at radius 3 is 2.89 bits per heavy atom. The lowest BCUT2D eigenvalue weighted by Gasteiger charge is -1.83. The van der Waals surface area contributed by atoms with E-state index in [4.69, 9.17) is 0 Å². The monoisotopic (exact) mass is 272 g/mol. The maximum Gasteiger partial charge on any atom is 0.178 e. The zero-order valence-electron chi connectivity index (χ0n) is 4.80. The largest absolute Gasteiger partial charge is 0.178 e. The van der Waals surface area contributed by atoms with E-state index in [1.807, 2.05) is 0 Å². The SMILES string of the molecule is CSCc1nnc(I)s1. The number of thioether (sulfide) groups is 1. The highest BCUT2D eigenvalue weighted by Gasteiger charge is 1.97. The molecule has 0 aliphatic heterocycles. The molecule has 0 aromatic carbocycles. The molecule has 0 N–H and O–H groups in total. The van der Waals surface area contributed by atoms with Gasteiger partial charge in [-0.05, 0) is 28.8 Å². The molecule has 0 bridgehead atoms. The Kier molecular flexibility index (Phi) is 3.20. The maximum absolute atomic E-state index is 3.95. The molecule has 0 radical (unpaired) electrons. The van der Waals surface area contributed by atoms with Gasteiger partial charge in [0.2, 0.25) is 0 Å². The fourth-order valence-electron chi connectivity index (χ4n) is 0.415. The van der Waals surface area contributed by atoms with Gasteiger partial charge in [-0.1, -0.05) is 11.3 Å². The number of nitrogens with zero attached hydrogens (tertiary/aromatic N) is 2. The van der Waals surface area contributed by atoms with E-state index in [-0.39, 0.29) is 0 Å². The summed E-state index contributed by atoms with van der Waals surface area (Å²) < 4.78 is 1.02. The minimum atomic E-state index is 0.987. The summed E-state index contributed by atoms with van der Waals surface area (Å²) in [6.07, 6.45) is 2.06. The van der Waals surface area contributed by atoms with Crippen LogP contribution in [0.15, 0.2) is 0 Å². The van der Waals surface area contributed by atoms with Crippen LogP contribution in [0.5, 0.6) is 0 Å². The molecule has 0 saturated heterocycles. The second-order valence-corrected chi connectivity index (χ2v) is 5.06. The average molecular weight is 272 g/mol. The molecule has 0 amide bonds. The van der Waals surface area contributed by atoms with Crippen LogP contribution < -0.4 is 0 Å². The van der Waals surface area contributed by atoms with Crippen molar-refractivity contribution in [1.29, 1.82) is 0 Å². The maximum atomic E-state index is 3.95. The van der Waals surface area contributed by atoms with E-state index < -0.39 is 0 Å². The predicted molar refractivity (Wildman–Crippen MR) is 49.8 cm³/mol. The number of hydrogen-bond acceptors (Lipinski definition) is 4. The summed E-state index contributed by atoms with van der Waals surface area (Å²) in [6.45, 7) is 0. The predicted octanol–water partition coefficient (Wildman–Crippen LogP) is 2.01. The van der Waals surface area contributed by atoms with Crippen LogP contribution in [0.3, 0.4) is 0 Å². The molecule has 0 unspecified atom stereocenters. The van der Waals surface area contributed by atoms with Gasteiger partial charge >= 0.3 is 0 Å². The van der Waals surface area contributed by atoms with Gasteiger partial charge in [0.15, 0.2) is 3.01 Å². The van der Waals surface area contributed by atoms with E-state index in [1.165, 1.54) is 0 Å². The van der Waals surface area contributed by atoms with Gasteiger partial charge in [-0.15, -0.1) is 10.2 Å².